The van der Waals surface area contributed by atoms with Crippen molar-refractivity contribution in [2.75, 3.05) is 11.4 Å². The van der Waals surface area contributed by atoms with Crippen LogP contribution in [0.15, 0.2) is 43.1 Å². The summed E-state index contributed by atoms with van der Waals surface area (Å²) < 4.78 is 1.74. The van der Waals surface area contributed by atoms with Crippen LogP contribution >= 0.6 is 11.6 Å². The number of carbonyl (C=O) groups is 1. The van der Waals surface area contributed by atoms with Crippen LogP contribution in [0.4, 0.5) is 5.69 Å². The summed E-state index contributed by atoms with van der Waals surface area (Å²) in [6.07, 6.45) is 11.2. The molecule has 1 fully saturated rings. The fourth-order valence-electron chi connectivity index (χ4n) is 3.41. The van der Waals surface area contributed by atoms with Crippen molar-refractivity contribution in [3.8, 4) is 5.69 Å². The lowest BCUT2D eigenvalue weighted by molar-refractivity contribution is -0.123. The summed E-state index contributed by atoms with van der Waals surface area (Å²) in [6, 6.07) is 3.69. The van der Waals surface area contributed by atoms with Crippen LogP contribution in [-0.2, 0) is 11.2 Å². The fraction of sp³-hybridized carbons (Fsp3) is 0.316. The van der Waals surface area contributed by atoms with Gasteiger partial charge in [0, 0.05) is 18.7 Å². The van der Waals surface area contributed by atoms with Gasteiger partial charge in [-0.05, 0) is 43.4 Å². The van der Waals surface area contributed by atoms with Gasteiger partial charge in [0.1, 0.15) is 5.15 Å². The third-order valence-corrected chi connectivity index (χ3v) is 5.07. The monoisotopic (exact) mass is 382 g/mol. The first-order valence-corrected chi connectivity index (χ1v) is 9.24. The van der Waals surface area contributed by atoms with Crippen molar-refractivity contribution in [3.05, 3.63) is 59.4 Å². The number of carbonyl (C=O) groups excluding carboxylic acids is 1. The largest absolute Gasteiger partial charge is 0.309 e. The summed E-state index contributed by atoms with van der Waals surface area (Å²) in [7, 11) is 0. The van der Waals surface area contributed by atoms with Crippen LogP contribution in [0.2, 0.25) is 5.15 Å². The van der Waals surface area contributed by atoms with Crippen molar-refractivity contribution < 1.29 is 4.79 Å². The van der Waals surface area contributed by atoms with Gasteiger partial charge in [0.25, 0.3) is 0 Å². The Bertz CT molecular complexity index is 955. The molecule has 7 nitrogen and oxygen atoms in total. The highest BCUT2D eigenvalue weighted by molar-refractivity contribution is 6.29. The number of halogens is 1. The van der Waals surface area contributed by atoms with Gasteiger partial charge in [-0.1, -0.05) is 17.7 Å². The molecular weight excluding hydrogens is 364 g/mol. The van der Waals surface area contributed by atoms with Gasteiger partial charge in [0.05, 0.1) is 36.2 Å². The van der Waals surface area contributed by atoms with Crippen LogP contribution in [0.3, 0.4) is 0 Å². The Hall–Kier alpha value is -2.80. The zero-order valence-electron chi connectivity index (χ0n) is 14.9. The van der Waals surface area contributed by atoms with Gasteiger partial charge in [0.15, 0.2) is 0 Å². The predicted octanol–water partition coefficient (Wildman–Crippen LogP) is 3.00. The smallest absolute Gasteiger partial charge is 0.230 e. The second-order valence-corrected chi connectivity index (χ2v) is 7.11. The van der Waals surface area contributed by atoms with Crippen molar-refractivity contribution in [2.24, 2.45) is 5.92 Å². The van der Waals surface area contributed by atoms with Gasteiger partial charge in [-0.2, -0.15) is 15.3 Å². The van der Waals surface area contributed by atoms with Crippen molar-refractivity contribution in [3.63, 3.8) is 0 Å². The number of hydrogen-bond acceptors (Lipinski definition) is 5. The molecule has 0 saturated carbocycles. The maximum absolute atomic E-state index is 13.0. The number of rotatable bonds is 4. The Balaban J connectivity index is 1.53. The van der Waals surface area contributed by atoms with Crippen molar-refractivity contribution in [1.29, 1.82) is 0 Å². The molecule has 1 amide bonds. The summed E-state index contributed by atoms with van der Waals surface area (Å²) >= 11 is 5.85. The summed E-state index contributed by atoms with van der Waals surface area (Å²) in [5.74, 6) is 0.0646. The van der Waals surface area contributed by atoms with Gasteiger partial charge in [-0.25, -0.2) is 9.67 Å². The second kappa shape index (κ2) is 7.44. The van der Waals surface area contributed by atoms with Crippen molar-refractivity contribution >= 4 is 23.2 Å². The molecule has 4 rings (SSSR count). The number of amides is 1. The molecule has 27 heavy (non-hydrogen) atoms. The van der Waals surface area contributed by atoms with Crippen molar-refractivity contribution in [2.45, 2.75) is 26.2 Å². The van der Waals surface area contributed by atoms with E-state index in [9.17, 15) is 4.79 Å². The van der Waals surface area contributed by atoms with E-state index in [1.165, 1.54) is 0 Å². The highest BCUT2D eigenvalue weighted by Crippen LogP contribution is 2.27. The third kappa shape index (κ3) is 3.68. The summed E-state index contributed by atoms with van der Waals surface area (Å²) in [4.78, 5) is 19.0. The van der Waals surface area contributed by atoms with Crippen LogP contribution in [0, 0.1) is 12.8 Å². The van der Waals surface area contributed by atoms with E-state index in [0.29, 0.717) is 18.1 Å². The van der Waals surface area contributed by atoms with E-state index in [4.69, 9.17) is 11.6 Å². The number of aromatic nitrogens is 5. The number of anilines is 1. The molecule has 1 saturated heterocycles. The van der Waals surface area contributed by atoms with Gasteiger partial charge < -0.3 is 4.90 Å². The van der Waals surface area contributed by atoms with Crippen LogP contribution in [0.25, 0.3) is 5.69 Å². The molecule has 3 aromatic heterocycles. The number of piperidine rings is 1. The molecule has 138 valence electrons. The number of aryl methyl sites for hydroxylation is 1. The normalized spacial score (nSPS) is 17.3. The van der Waals surface area contributed by atoms with Crippen LogP contribution in [0.5, 0.6) is 0 Å². The highest BCUT2D eigenvalue weighted by atomic mass is 35.5. The molecule has 0 bridgehead atoms. The van der Waals surface area contributed by atoms with E-state index in [-0.39, 0.29) is 11.8 Å². The topological polar surface area (TPSA) is 76.8 Å². The van der Waals surface area contributed by atoms with Gasteiger partial charge >= 0.3 is 0 Å². The van der Waals surface area contributed by atoms with E-state index in [0.717, 1.165) is 35.3 Å². The minimum atomic E-state index is -0.0607. The Kier molecular flexibility index (Phi) is 4.85. The maximum atomic E-state index is 13.0. The van der Waals surface area contributed by atoms with Gasteiger partial charge in [-0.15, -0.1) is 0 Å². The lowest BCUT2D eigenvalue weighted by Gasteiger charge is -2.31. The minimum absolute atomic E-state index is 0.0607. The first kappa shape index (κ1) is 17.6. The van der Waals surface area contributed by atoms with E-state index >= 15 is 0 Å². The molecule has 1 atom stereocenters. The predicted molar refractivity (Wildman–Crippen MR) is 102 cm³/mol. The number of pyridine rings is 1. The van der Waals surface area contributed by atoms with E-state index < -0.39 is 0 Å². The molecule has 0 unspecified atom stereocenters. The molecule has 8 heteroatoms. The van der Waals surface area contributed by atoms with Crippen LogP contribution in [0.1, 0.15) is 24.0 Å². The zero-order valence-corrected chi connectivity index (χ0v) is 15.7. The Morgan fingerprint density at radius 3 is 2.81 bits per heavy atom. The number of nitrogens with zero attached hydrogens (tertiary/aromatic N) is 6. The summed E-state index contributed by atoms with van der Waals surface area (Å²) in [5, 5.41) is 12.7. The molecule has 0 radical (unpaired) electrons. The summed E-state index contributed by atoms with van der Waals surface area (Å²) in [5.41, 5.74) is 3.64. The van der Waals surface area contributed by atoms with E-state index in [1.54, 1.807) is 35.5 Å². The Labute approximate surface area is 162 Å². The first-order chi connectivity index (χ1) is 13.1. The van der Waals surface area contributed by atoms with Crippen LogP contribution in [-0.4, -0.2) is 37.4 Å². The molecule has 3 aromatic rings. The second-order valence-electron chi connectivity index (χ2n) is 6.72. The van der Waals surface area contributed by atoms with E-state index in [2.05, 4.69) is 20.3 Å². The highest BCUT2D eigenvalue weighted by Gasteiger charge is 2.30. The SMILES string of the molecule is Cc1cnncc1-n1cc(N2CCC[C@@H](Cc3ccc(Cl)nc3)C2=O)cn1. The average molecular weight is 383 g/mol. The quantitative estimate of drug-likeness (QED) is 0.648. The lowest BCUT2D eigenvalue weighted by Crippen LogP contribution is -2.42. The number of hydrogen-bond donors (Lipinski definition) is 0. The minimum Gasteiger partial charge on any atom is -0.309 e. The average Bonchev–Trinajstić information content (AvgIpc) is 3.15. The molecule has 1 aliphatic rings. The first-order valence-electron chi connectivity index (χ1n) is 8.86. The molecule has 0 aromatic carbocycles. The zero-order chi connectivity index (χ0) is 18.8. The molecule has 1 aliphatic heterocycles. The fourth-order valence-corrected chi connectivity index (χ4v) is 3.52. The maximum Gasteiger partial charge on any atom is 0.230 e. The van der Waals surface area contributed by atoms with Gasteiger partial charge in [-0.3, -0.25) is 4.79 Å². The van der Waals surface area contributed by atoms with Crippen molar-refractivity contribution in [1.82, 2.24) is 25.0 Å². The summed E-state index contributed by atoms with van der Waals surface area (Å²) in [6.45, 7) is 2.65. The molecule has 0 aliphatic carbocycles. The van der Waals surface area contributed by atoms with E-state index in [1.807, 2.05) is 24.1 Å². The Morgan fingerprint density at radius 1 is 1.19 bits per heavy atom. The van der Waals surface area contributed by atoms with Crippen LogP contribution < -0.4 is 4.90 Å². The molecule has 0 spiro atoms. The molecular formula is C19H19ClN6O. The third-order valence-electron chi connectivity index (χ3n) is 4.85. The standard InChI is InChI=1S/C19H19ClN6O/c1-13-8-22-23-11-17(13)26-12-16(10-24-26)25-6-2-3-15(19(25)27)7-14-4-5-18(20)21-9-14/h4-5,8-12,15H,2-3,6-7H2,1H3/t15-/m0/s1. The Morgan fingerprint density at radius 2 is 2.04 bits per heavy atom. The molecule has 0 N–H and O–H groups in total. The molecule has 4 heterocycles. The lowest BCUT2D eigenvalue weighted by atomic mass is 9.91. The van der Waals surface area contributed by atoms with Gasteiger partial charge in [0.2, 0.25) is 5.91 Å².